The zero-order valence-electron chi connectivity index (χ0n) is 12.1. The lowest BCUT2D eigenvalue weighted by atomic mass is 10.0. The van der Waals surface area contributed by atoms with E-state index in [1.54, 1.807) is 4.68 Å². The van der Waals surface area contributed by atoms with Crippen molar-refractivity contribution in [3.8, 4) is 0 Å². The van der Waals surface area contributed by atoms with Crippen molar-refractivity contribution in [1.82, 2.24) is 15.0 Å². The first-order valence-corrected chi connectivity index (χ1v) is 7.02. The minimum atomic E-state index is 0.176. The van der Waals surface area contributed by atoms with Crippen molar-refractivity contribution in [1.29, 1.82) is 0 Å². The van der Waals surface area contributed by atoms with Gasteiger partial charge in [0.1, 0.15) is 5.69 Å². The fourth-order valence-electron chi connectivity index (χ4n) is 1.96. The number of nitrogens with zero attached hydrogens (tertiary/aromatic N) is 3. The van der Waals surface area contributed by atoms with Gasteiger partial charge in [0, 0.05) is 18.8 Å². The summed E-state index contributed by atoms with van der Waals surface area (Å²) < 4.78 is 1.76. The van der Waals surface area contributed by atoms with E-state index in [2.05, 4.69) is 53.7 Å². The lowest BCUT2D eigenvalue weighted by Gasteiger charge is -2.09. The van der Waals surface area contributed by atoms with Crippen LogP contribution in [0.4, 0.5) is 5.69 Å². The molecule has 108 valence electrons. The number of aromatic nitrogens is 3. The maximum atomic E-state index is 8.78. The van der Waals surface area contributed by atoms with Crippen LogP contribution in [0.1, 0.15) is 37.4 Å². The summed E-state index contributed by atoms with van der Waals surface area (Å²) >= 11 is 0. The number of hydrogen-bond acceptors (Lipinski definition) is 4. The van der Waals surface area contributed by atoms with E-state index >= 15 is 0 Å². The predicted octanol–water partition coefficient (Wildman–Crippen LogP) is 2.40. The SMILES string of the molecule is CC(C)c1cccc(NCc2cn(CCCO)nn2)c1. The Morgan fingerprint density at radius 2 is 2.20 bits per heavy atom. The number of aryl methyl sites for hydroxylation is 1. The number of aliphatic hydroxyl groups excluding tert-OH is 1. The van der Waals surface area contributed by atoms with Gasteiger partial charge in [0.05, 0.1) is 12.7 Å². The van der Waals surface area contributed by atoms with Gasteiger partial charge in [0.25, 0.3) is 0 Å². The minimum absolute atomic E-state index is 0.176. The zero-order valence-corrected chi connectivity index (χ0v) is 12.1. The molecule has 5 nitrogen and oxygen atoms in total. The summed E-state index contributed by atoms with van der Waals surface area (Å²) in [7, 11) is 0. The molecule has 2 aromatic rings. The first-order valence-electron chi connectivity index (χ1n) is 7.02. The van der Waals surface area contributed by atoms with Gasteiger partial charge in [0.15, 0.2) is 0 Å². The molecule has 1 aromatic heterocycles. The van der Waals surface area contributed by atoms with Gasteiger partial charge < -0.3 is 10.4 Å². The highest BCUT2D eigenvalue weighted by molar-refractivity contribution is 5.46. The fourth-order valence-corrected chi connectivity index (χ4v) is 1.96. The number of anilines is 1. The van der Waals surface area contributed by atoms with E-state index in [1.165, 1.54) is 5.56 Å². The highest BCUT2D eigenvalue weighted by Gasteiger charge is 2.03. The average molecular weight is 274 g/mol. The van der Waals surface area contributed by atoms with Gasteiger partial charge in [-0.25, -0.2) is 0 Å². The molecule has 2 N–H and O–H groups in total. The smallest absolute Gasteiger partial charge is 0.102 e. The van der Waals surface area contributed by atoms with Gasteiger partial charge in [-0.3, -0.25) is 4.68 Å². The van der Waals surface area contributed by atoms with Gasteiger partial charge in [-0.15, -0.1) is 5.10 Å². The van der Waals surface area contributed by atoms with Gasteiger partial charge in [-0.05, 0) is 30.0 Å². The van der Waals surface area contributed by atoms with E-state index in [0.717, 1.165) is 11.4 Å². The molecular weight excluding hydrogens is 252 g/mol. The molecule has 0 aliphatic rings. The molecule has 0 radical (unpaired) electrons. The van der Waals surface area contributed by atoms with Crippen LogP contribution < -0.4 is 5.32 Å². The molecule has 0 saturated carbocycles. The van der Waals surface area contributed by atoms with Gasteiger partial charge in [0.2, 0.25) is 0 Å². The average Bonchev–Trinajstić information content (AvgIpc) is 2.91. The van der Waals surface area contributed by atoms with Crippen LogP contribution in [-0.4, -0.2) is 26.7 Å². The van der Waals surface area contributed by atoms with Crippen molar-refractivity contribution >= 4 is 5.69 Å². The number of nitrogens with one attached hydrogen (secondary N) is 1. The summed E-state index contributed by atoms with van der Waals surface area (Å²) in [4.78, 5) is 0. The zero-order chi connectivity index (χ0) is 14.4. The van der Waals surface area contributed by atoms with Crippen LogP contribution in [0.3, 0.4) is 0 Å². The Morgan fingerprint density at radius 1 is 1.35 bits per heavy atom. The molecule has 1 aromatic carbocycles. The van der Waals surface area contributed by atoms with E-state index in [4.69, 9.17) is 5.11 Å². The van der Waals surface area contributed by atoms with Crippen LogP contribution in [-0.2, 0) is 13.1 Å². The molecule has 0 fully saturated rings. The minimum Gasteiger partial charge on any atom is -0.396 e. The van der Waals surface area contributed by atoms with E-state index in [9.17, 15) is 0 Å². The molecule has 0 aliphatic carbocycles. The third kappa shape index (κ3) is 4.06. The first-order chi connectivity index (χ1) is 9.69. The summed E-state index contributed by atoms with van der Waals surface area (Å²) in [5.74, 6) is 0.524. The van der Waals surface area contributed by atoms with Crippen LogP contribution in [0.15, 0.2) is 30.5 Å². The Kier molecular flexibility index (Phi) is 5.12. The van der Waals surface area contributed by atoms with E-state index < -0.39 is 0 Å². The number of rotatable bonds is 7. The monoisotopic (exact) mass is 274 g/mol. The van der Waals surface area contributed by atoms with Gasteiger partial charge in [-0.1, -0.05) is 31.2 Å². The van der Waals surface area contributed by atoms with Crippen molar-refractivity contribution in [3.05, 3.63) is 41.7 Å². The predicted molar refractivity (Wildman–Crippen MR) is 79.6 cm³/mol. The molecule has 20 heavy (non-hydrogen) atoms. The molecule has 0 amide bonds. The Morgan fingerprint density at radius 3 is 2.95 bits per heavy atom. The Labute approximate surface area is 119 Å². The van der Waals surface area contributed by atoms with E-state index in [0.29, 0.717) is 25.4 Å². The van der Waals surface area contributed by atoms with Gasteiger partial charge >= 0.3 is 0 Å². The van der Waals surface area contributed by atoms with Crippen molar-refractivity contribution in [2.75, 3.05) is 11.9 Å². The first kappa shape index (κ1) is 14.5. The summed E-state index contributed by atoms with van der Waals surface area (Å²) in [5, 5.41) is 20.3. The fraction of sp³-hybridized carbons (Fsp3) is 0.467. The normalized spacial score (nSPS) is 11.0. The van der Waals surface area contributed by atoms with Gasteiger partial charge in [-0.2, -0.15) is 0 Å². The standard InChI is InChI=1S/C15H22N4O/c1-12(2)13-5-3-6-14(9-13)16-10-15-11-19(18-17-15)7-4-8-20/h3,5-6,9,11-12,16,20H,4,7-8,10H2,1-2H3. The molecule has 0 aliphatic heterocycles. The molecule has 0 spiro atoms. The molecule has 0 atom stereocenters. The van der Waals surface area contributed by atoms with Crippen molar-refractivity contribution in [2.45, 2.75) is 39.3 Å². The summed E-state index contributed by atoms with van der Waals surface area (Å²) in [5.41, 5.74) is 3.32. The third-order valence-corrected chi connectivity index (χ3v) is 3.16. The number of benzene rings is 1. The molecular formula is C15H22N4O. The van der Waals surface area contributed by atoms with Crippen molar-refractivity contribution in [3.63, 3.8) is 0 Å². The molecule has 1 heterocycles. The highest BCUT2D eigenvalue weighted by atomic mass is 16.3. The topological polar surface area (TPSA) is 63.0 Å². The largest absolute Gasteiger partial charge is 0.396 e. The summed E-state index contributed by atoms with van der Waals surface area (Å²) in [6, 6.07) is 8.43. The van der Waals surface area contributed by atoms with Crippen molar-refractivity contribution in [2.24, 2.45) is 0 Å². The lowest BCUT2D eigenvalue weighted by Crippen LogP contribution is -2.01. The number of aliphatic hydroxyl groups is 1. The second-order valence-electron chi connectivity index (χ2n) is 5.18. The molecule has 2 rings (SSSR count). The number of hydrogen-bond donors (Lipinski definition) is 2. The molecule has 0 bridgehead atoms. The maximum absolute atomic E-state index is 8.78. The lowest BCUT2D eigenvalue weighted by molar-refractivity contribution is 0.276. The van der Waals surface area contributed by atoms with Crippen molar-refractivity contribution < 1.29 is 5.11 Å². The summed E-state index contributed by atoms with van der Waals surface area (Å²) in [6.45, 7) is 5.90. The third-order valence-electron chi connectivity index (χ3n) is 3.16. The Hall–Kier alpha value is -1.88. The van der Waals surface area contributed by atoms with Crippen LogP contribution in [0, 0.1) is 0 Å². The van der Waals surface area contributed by atoms with Crippen LogP contribution in [0.25, 0.3) is 0 Å². The van der Waals surface area contributed by atoms with Crippen LogP contribution in [0.2, 0.25) is 0 Å². The van der Waals surface area contributed by atoms with Crippen LogP contribution in [0.5, 0.6) is 0 Å². The quantitative estimate of drug-likeness (QED) is 0.814. The Balaban J connectivity index is 1.91. The Bertz CT molecular complexity index is 536. The molecule has 0 saturated heterocycles. The molecule has 0 unspecified atom stereocenters. The van der Waals surface area contributed by atoms with E-state index in [1.807, 2.05) is 6.20 Å². The van der Waals surface area contributed by atoms with E-state index in [-0.39, 0.29) is 6.61 Å². The second-order valence-corrected chi connectivity index (χ2v) is 5.18. The highest BCUT2D eigenvalue weighted by Crippen LogP contribution is 2.18. The summed E-state index contributed by atoms with van der Waals surface area (Å²) in [6.07, 6.45) is 2.61. The second kappa shape index (κ2) is 7.05. The molecule has 5 heteroatoms. The van der Waals surface area contributed by atoms with Crippen LogP contribution >= 0.6 is 0 Å². The maximum Gasteiger partial charge on any atom is 0.102 e.